The van der Waals surface area contributed by atoms with E-state index < -0.39 is 0 Å². The van der Waals surface area contributed by atoms with Gasteiger partial charge in [-0.15, -0.1) is 0 Å². The molecule has 0 amide bonds. The number of nitrogen functional groups attached to an aromatic ring is 1. The van der Waals surface area contributed by atoms with Crippen LogP contribution in [0.3, 0.4) is 0 Å². The molecule has 76 valence electrons. The molecule has 1 heterocycles. The van der Waals surface area contributed by atoms with Crippen LogP contribution in [-0.2, 0) is 0 Å². The highest BCUT2D eigenvalue weighted by molar-refractivity contribution is 5.61. The molecule has 0 bridgehead atoms. The van der Waals surface area contributed by atoms with Crippen molar-refractivity contribution in [1.82, 2.24) is 4.98 Å². The molecule has 3 N–H and O–H groups in total. The van der Waals surface area contributed by atoms with Gasteiger partial charge in [0.25, 0.3) is 0 Å². The normalized spacial score (nSPS) is 18.6. The van der Waals surface area contributed by atoms with Gasteiger partial charge in [0.05, 0.1) is 5.69 Å². The second-order valence-electron chi connectivity index (χ2n) is 4.05. The van der Waals surface area contributed by atoms with Gasteiger partial charge in [-0.1, -0.05) is 6.92 Å². The van der Waals surface area contributed by atoms with E-state index >= 15 is 0 Å². The van der Waals surface area contributed by atoms with Crippen LogP contribution in [0.1, 0.15) is 32.6 Å². The lowest BCUT2D eigenvalue weighted by atomic mass is 9.75. The van der Waals surface area contributed by atoms with Crippen molar-refractivity contribution in [3.63, 3.8) is 0 Å². The molecule has 0 aliphatic heterocycles. The molecule has 0 aromatic carbocycles. The molecule has 2 rings (SSSR count). The van der Waals surface area contributed by atoms with E-state index in [-0.39, 0.29) is 5.54 Å². The molecule has 1 saturated carbocycles. The smallest absolute Gasteiger partial charge is 0.149 e. The zero-order valence-corrected chi connectivity index (χ0v) is 8.59. The minimum Gasteiger partial charge on any atom is -0.396 e. The fraction of sp³-hybridized carbons (Fsp3) is 0.545. The predicted molar refractivity (Wildman–Crippen MR) is 59.1 cm³/mol. The molecule has 0 atom stereocenters. The van der Waals surface area contributed by atoms with Gasteiger partial charge in [0.1, 0.15) is 5.82 Å². The number of rotatable bonds is 3. The van der Waals surface area contributed by atoms with E-state index in [1.807, 2.05) is 12.1 Å². The third kappa shape index (κ3) is 1.54. The summed E-state index contributed by atoms with van der Waals surface area (Å²) >= 11 is 0. The third-order valence-electron chi connectivity index (χ3n) is 3.21. The standard InChI is InChI=1S/C11H17N3/c1-2-11(6-4-7-11)14-10-9(12)5-3-8-13-10/h3,5,8H,2,4,6-7,12H2,1H3,(H,13,14). The Hall–Kier alpha value is -1.25. The van der Waals surface area contributed by atoms with Gasteiger partial charge in [-0.25, -0.2) is 4.98 Å². The van der Waals surface area contributed by atoms with Gasteiger partial charge in [0.15, 0.2) is 0 Å². The first kappa shape index (κ1) is 9.31. The second kappa shape index (κ2) is 3.48. The van der Waals surface area contributed by atoms with Gasteiger partial charge in [0.2, 0.25) is 0 Å². The van der Waals surface area contributed by atoms with Gasteiger partial charge >= 0.3 is 0 Å². The number of aromatic nitrogens is 1. The number of nitrogens with two attached hydrogens (primary N) is 1. The Balaban J connectivity index is 2.13. The molecule has 1 fully saturated rings. The molecule has 3 heteroatoms. The average molecular weight is 191 g/mol. The zero-order chi connectivity index (χ0) is 10.0. The van der Waals surface area contributed by atoms with Crippen molar-refractivity contribution >= 4 is 11.5 Å². The van der Waals surface area contributed by atoms with E-state index in [2.05, 4.69) is 17.2 Å². The van der Waals surface area contributed by atoms with E-state index in [9.17, 15) is 0 Å². The minimum atomic E-state index is 0.266. The Labute approximate surface area is 84.7 Å². The number of anilines is 2. The van der Waals surface area contributed by atoms with Crippen molar-refractivity contribution in [2.75, 3.05) is 11.1 Å². The second-order valence-corrected chi connectivity index (χ2v) is 4.05. The SMILES string of the molecule is CCC1(Nc2ncccc2N)CCC1. The predicted octanol–water partition coefficient (Wildman–Crippen LogP) is 2.41. The van der Waals surface area contributed by atoms with Crippen LogP contribution in [-0.4, -0.2) is 10.5 Å². The lowest BCUT2D eigenvalue weighted by Gasteiger charge is -2.42. The van der Waals surface area contributed by atoms with Crippen molar-refractivity contribution in [3.05, 3.63) is 18.3 Å². The number of nitrogens with one attached hydrogen (secondary N) is 1. The molecule has 3 nitrogen and oxygen atoms in total. The van der Waals surface area contributed by atoms with Gasteiger partial charge in [-0.2, -0.15) is 0 Å². The first-order valence-electron chi connectivity index (χ1n) is 5.24. The van der Waals surface area contributed by atoms with E-state index in [1.165, 1.54) is 19.3 Å². The topological polar surface area (TPSA) is 50.9 Å². The summed E-state index contributed by atoms with van der Waals surface area (Å²) in [5, 5.41) is 3.47. The summed E-state index contributed by atoms with van der Waals surface area (Å²) in [5.41, 5.74) is 6.85. The van der Waals surface area contributed by atoms with E-state index in [4.69, 9.17) is 5.73 Å². The molecule has 0 unspecified atom stereocenters. The van der Waals surface area contributed by atoms with Crippen LogP contribution < -0.4 is 11.1 Å². The van der Waals surface area contributed by atoms with E-state index in [0.717, 1.165) is 17.9 Å². The summed E-state index contributed by atoms with van der Waals surface area (Å²) in [6.45, 7) is 2.21. The first-order valence-corrected chi connectivity index (χ1v) is 5.24. The lowest BCUT2D eigenvalue weighted by molar-refractivity contribution is 0.269. The number of hydrogen-bond donors (Lipinski definition) is 2. The number of pyridine rings is 1. The van der Waals surface area contributed by atoms with Crippen molar-refractivity contribution in [1.29, 1.82) is 0 Å². The largest absolute Gasteiger partial charge is 0.396 e. The molecular formula is C11H17N3. The van der Waals surface area contributed by atoms with E-state index in [1.54, 1.807) is 6.20 Å². The summed E-state index contributed by atoms with van der Waals surface area (Å²) in [6.07, 6.45) is 6.70. The fourth-order valence-electron chi connectivity index (χ4n) is 1.94. The Morgan fingerprint density at radius 3 is 2.86 bits per heavy atom. The van der Waals surface area contributed by atoms with Gasteiger partial charge in [0, 0.05) is 11.7 Å². The highest BCUT2D eigenvalue weighted by atomic mass is 15.1. The Morgan fingerprint density at radius 1 is 1.57 bits per heavy atom. The zero-order valence-electron chi connectivity index (χ0n) is 8.59. The number of hydrogen-bond acceptors (Lipinski definition) is 3. The van der Waals surface area contributed by atoms with Crippen LogP contribution in [0.25, 0.3) is 0 Å². The maximum atomic E-state index is 5.84. The molecule has 1 aliphatic rings. The highest BCUT2D eigenvalue weighted by Gasteiger charge is 2.35. The number of nitrogens with zero attached hydrogens (tertiary/aromatic N) is 1. The van der Waals surface area contributed by atoms with Crippen LogP contribution in [0.5, 0.6) is 0 Å². The van der Waals surface area contributed by atoms with Crippen LogP contribution in [0.2, 0.25) is 0 Å². The van der Waals surface area contributed by atoms with Crippen LogP contribution >= 0.6 is 0 Å². The minimum absolute atomic E-state index is 0.266. The summed E-state index contributed by atoms with van der Waals surface area (Å²) in [5.74, 6) is 0.842. The summed E-state index contributed by atoms with van der Waals surface area (Å²) in [7, 11) is 0. The van der Waals surface area contributed by atoms with Crippen molar-refractivity contribution in [2.45, 2.75) is 38.1 Å². The monoisotopic (exact) mass is 191 g/mol. The van der Waals surface area contributed by atoms with Crippen molar-refractivity contribution < 1.29 is 0 Å². The average Bonchev–Trinajstić information content (AvgIpc) is 2.14. The molecule has 0 spiro atoms. The molecule has 1 aromatic rings. The third-order valence-corrected chi connectivity index (χ3v) is 3.21. The van der Waals surface area contributed by atoms with Gasteiger partial charge in [-0.3, -0.25) is 0 Å². The molecule has 1 aliphatic carbocycles. The van der Waals surface area contributed by atoms with Gasteiger partial charge < -0.3 is 11.1 Å². The van der Waals surface area contributed by atoms with E-state index in [0.29, 0.717) is 0 Å². The molecular weight excluding hydrogens is 174 g/mol. The van der Waals surface area contributed by atoms with Crippen LogP contribution in [0.4, 0.5) is 11.5 Å². The van der Waals surface area contributed by atoms with Crippen LogP contribution in [0.15, 0.2) is 18.3 Å². The fourth-order valence-corrected chi connectivity index (χ4v) is 1.94. The summed E-state index contributed by atoms with van der Waals surface area (Å²) in [4.78, 5) is 4.26. The quantitative estimate of drug-likeness (QED) is 0.771. The highest BCUT2D eigenvalue weighted by Crippen LogP contribution is 2.38. The maximum Gasteiger partial charge on any atom is 0.149 e. The Morgan fingerprint density at radius 2 is 2.36 bits per heavy atom. The maximum absolute atomic E-state index is 5.84. The van der Waals surface area contributed by atoms with Crippen LogP contribution in [0, 0.1) is 0 Å². The molecule has 0 saturated heterocycles. The molecule has 14 heavy (non-hydrogen) atoms. The lowest BCUT2D eigenvalue weighted by Crippen LogP contribution is -2.44. The Kier molecular flexibility index (Phi) is 2.32. The molecule has 0 radical (unpaired) electrons. The molecule has 1 aromatic heterocycles. The van der Waals surface area contributed by atoms with Gasteiger partial charge in [-0.05, 0) is 37.8 Å². The summed E-state index contributed by atoms with van der Waals surface area (Å²) < 4.78 is 0. The Bertz CT molecular complexity index is 313. The van der Waals surface area contributed by atoms with Crippen molar-refractivity contribution in [3.8, 4) is 0 Å². The van der Waals surface area contributed by atoms with Crippen molar-refractivity contribution in [2.24, 2.45) is 0 Å². The first-order chi connectivity index (χ1) is 6.76. The summed E-state index contributed by atoms with van der Waals surface area (Å²) in [6, 6.07) is 3.75.